The molecule has 0 aromatic carbocycles. The van der Waals surface area contributed by atoms with Crippen LogP contribution in [0.25, 0.3) is 0 Å². The van der Waals surface area contributed by atoms with E-state index in [2.05, 4.69) is 15.3 Å². The minimum absolute atomic E-state index is 0.120. The summed E-state index contributed by atoms with van der Waals surface area (Å²) in [5, 5.41) is 4.29. The summed E-state index contributed by atoms with van der Waals surface area (Å²) in [7, 11) is 0. The number of carbonyl (C=O) groups is 1. The number of hydrogen-bond donors (Lipinski definition) is 1. The summed E-state index contributed by atoms with van der Waals surface area (Å²) in [5.41, 5.74) is 3.28. The molecule has 4 fully saturated rings. The Balaban J connectivity index is 1.39. The highest BCUT2D eigenvalue weighted by Gasteiger charge is 2.51. The quantitative estimate of drug-likeness (QED) is 0.641. The molecule has 1 N–H and O–H groups in total. The average molecular weight is 360 g/mol. The first kappa shape index (κ1) is 17.3. The minimum Gasteiger partial charge on any atom is -0.351 e. The zero-order valence-electron chi connectivity index (χ0n) is 15.6. The highest BCUT2D eigenvalue weighted by molar-refractivity contribution is 7.98. The van der Waals surface area contributed by atoms with Gasteiger partial charge in [-0.1, -0.05) is 11.8 Å². The van der Waals surface area contributed by atoms with Crippen LogP contribution < -0.4 is 5.32 Å². The van der Waals surface area contributed by atoms with Crippen LogP contribution in [-0.4, -0.2) is 27.7 Å². The van der Waals surface area contributed by atoms with Gasteiger partial charge in [0.1, 0.15) is 0 Å². The fraction of sp³-hybridized carbons (Fsp3) is 0.750. The fourth-order valence-corrected chi connectivity index (χ4v) is 6.48. The molecule has 0 saturated heterocycles. The van der Waals surface area contributed by atoms with E-state index < -0.39 is 0 Å². The number of aryl methyl sites for hydroxylation is 2. The lowest BCUT2D eigenvalue weighted by molar-refractivity contribution is -0.126. The predicted octanol–water partition coefficient (Wildman–Crippen LogP) is 3.83. The summed E-state index contributed by atoms with van der Waals surface area (Å²) in [6.07, 6.45) is 11.2. The summed E-state index contributed by atoms with van der Waals surface area (Å²) < 4.78 is 0. The molecule has 0 unspecified atom stereocenters. The molecule has 1 amide bonds. The van der Waals surface area contributed by atoms with Crippen molar-refractivity contribution in [3.05, 3.63) is 17.0 Å². The molecule has 0 radical (unpaired) electrons. The third-order valence-corrected chi connectivity index (χ3v) is 7.18. The van der Waals surface area contributed by atoms with E-state index in [-0.39, 0.29) is 11.4 Å². The molecule has 4 saturated carbocycles. The molecule has 0 aliphatic heterocycles. The first-order valence-corrected chi connectivity index (χ1v) is 10.9. The van der Waals surface area contributed by atoms with Gasteiger partial charge < -0.3 is 5.32 Å². The molecule has 4 aliphatic rings. The molecule has 4 bridgehead atoms. The maximum absolute atomic E-state index is 12.7. The number of amides is 1. The Morgan fingerprint density at radius 3 is 2.08 bits per heavy atom. The molecule has 5 rings (SSSR count). The molecule has 4 nitrogen and oxygen atoms in total. The second-order valence-corrected chi connectivity index (χ2v) is 9.38. The maximum atomic E-state index is 12.7. The number of nitrogens with one attached hydrogen (secondary N) is 1. The Kier molecular flexibility index (Phi) is 4.55. The number of hydrogen-bond acceptors (Lipinski definition) is 4. The van der Waals surface area contributed by atoms with Gasteiger partial charge in [-0.05, 0) is 88.4 Å². The Morgan fingerprint density at radius 1 is 1.08 bits per heavy atom. The first-order chi connectivity index (χ1) is 12.0. The predicted molar refractivity (Wildman–Crippen MR) is 101 cm³/mol. The molecule has 1 heterocycles. The van der Waals surface area contributed by atoms with Crippen molar-refractivity contribution in [1.29, 1.82) is 0 Å². The topological polar surface area (TPSA) is 54.9 Å². The largest absolute Gasteiger partial charge is 0.351 e. The van der Waals surface area contributed by atoms with E-state index in [1.807, 2.05) is 20.1 Å². The number of rotatable bonds is 5. The summed E-state index contributed by atoms with van der Waals surface area (Å²) in [6.45, 7) is 4.06. The van der Waals surface area contributed by atoms with Gasteiger partial charge in [0.25, 0.3) is 0 Å². The van der Waals surface area contributed by atoms with Crippen LogP contribution in [0.2, 0.25) is 0 Å². The maximum Gasteiger partial charge on any atom is 0.220 e. The molecule has 0 spiro atoms. The van der Waals surface area contributed by atoms with Gasteiger partial charge in [-0.15, -0.1) is 0 Å². The van der Waals surface area contributed by atoms with Gasteiger partial charge >= 0.3 is 0 Å². The van der Waals surface area contributed by atoms with Gasteiger partial charge in [-0.3, -0.25) is 4.79 Å². The number of thioether (sulfide) groups is 1. The highest BCUT2D eigenvalue weighted by Crippen LogP contribution is 2.55. The minimum atomic E-state index is 0.120. The van der Waals surface area contributed by atoms with Gasteiger partial charge in [0, 0.05) is 23.3 Å². The van der Waals surface area contributed by atoms with E-state index in [0.29, 0.717) is 6.42 Å². The Hall–Kier alpha value is -1.10. The lowest BCUT2D eigenvalue weighted by Crippen LogP contribution is -2.59. The van der Waals surface area contributed by atoms with Crippen molar-refractivity contribution < 1.29 is 4.79 Å². The standard InChI is InChI=1S/C20H29N3OS/c1-12-17(13(2)22-19(21-12)25-3)4-5-18(24)23-20-9-14-6-15(10-20)8-16(7-14)11-20/h14-16H,4-11H2,1-3H3,(H,23,24). The van der Waals surface area contributed by atoms with Gasteiger partial charge in [-0.2, -0.15) is 0 Å². The van der Waals surface area contributed by atoms with Crippen LogP contribution in [0.15, 0.2) is 5.16 Å². The van der Waals surface area contributed by atoms with Crippen molar-refractivity contribution in [1.82, 2.24) is 15.3 Å². The van der Waals surface area contributed by atoms with E-state index in [0.717, 1.165) is 46.3 Å². The molecule has 4 aliphatic carbocycles. The van der Waals surface area contributed by atoms with E-state index in [9.17, 15) is 4.79 Å². The highest BCUT2D eigenvalue weighted by atomic mass is 32.2. The second-order valence-electron chi connectivity index (χ2n) is 8.61. The second kappa shape index (κ2) is 6.57. The van der Waals surface area contributed by atoms with Gasteiger partial charge in [-0.25, -0.2) is 9.97 Å². The summed E-state index contributed by atoms with van der Waals surface area (Å²) in [6, 6.07) is 0. The van der Waals surface area contributed by atoms with E-state index >= 15 is 0 Å². The molecular formula is C20H29N3OS. The molecule has 136 valence electrons. The number of aromatic nitrogens is 2. The van der Waals surface area contributed by atoms with Gasteiger partial charge in [0.15, 0.2) is 5.16 Å². The molecule has 5 heteroatoms. The van der Waals surface area contributed by atoms with Crippen molar-refractivity contribution in [3.8, 4) is 0 Å². The number of carbonyl (C=O) groups excluding carboxylic acids is 1. The molecule has 1 aromatic heterocycles. The van der Waals surface area contributed by atoms with Gasteiger partial charge in [0.2, 0.25) is 5.91 Å². The Labute approximate surface area is 155 Å². The lowest BCUT2D eigenvalue weighted by atomic mass is 9.53. The zero-order chi connectivity index (χ0) is 17.6. The van der Waals surface area contributed by atoms with Crippen molar-refractivity contribution in [2.24, 2.45) is 17.8 Å². The van der Waals surface area contributed by atoms with Crippen LogP contribution >= 0.6 is 11.8 Å². The molecule has 1 aromatic rings. The van der Waals surface area contributed by atoms with E-state index in [1.165, 1.54) is 38.5 Å². The average Bonchev–Trinajstić information content (AvgIpc) is 2.51. The van der Waals surface area contributed by atoms with Crippen LogP contribution in [0.4, 0.5) is 0 Å². The third-order valence-electron chi connectivity index (χ3n) is 6.63. The fourth-order valence-electron chi connectivity index (χ4n) is 6.02. The third kappa shape index (κ3) is 3.44. The van der Waals surface area contributed by atoms with E-state index in [4.69, 9.17) is 0 Å². The zero-order valence-corrected chi connectivity index (χ0v) is 16.4. The number of nitrogens with zero attached hydrogens (tertiary/aromatic N) is 2. The van der Waals surface area contributed by atoms with Crippen LogP contribution in [-0.2, 0) is 11.2 Å². The normalized spacial score (nSPS) is 32.8. The Morgan fingerprint density at radius 2 is 1.60 bits per heavy atom. The smallest absolute Gasteiger partial charge is 0.220 e. The van der Waals surface area contributed by atoms with Crippen LogP contribution in [0.3, 0.4) is 0 Å². The summed E-state index contributed by atoms with van der Waals surface area (Å²) >= 11 is 1.57. The molecular weight excluding hydrogens is 330 g/mol. The summed E-state index contributed by atoms with van der Waals surface area (Å²) in [5.74, 6) is 2.81. The van der Waals surface area contributed by atoms with Crippen molar-refractivity contribution in [3.63, 3.8) is 0 Å². The van der Waals surface area contributed by atoms with Crippen LogP contribution in [0, 0.1) is 31.6 Å². The SMILES string of the molecule is CSc1nc(C)c(CCC(=O)NC23CC4CC(CC(C4)C2)C3)c(C)n1. The van der Waals surface area contributed by atoms with Crippen LogP contribution in [0.5, 0.6) is 0 Å². The van der Waals surface area contributed by atoms with E-state index in [1.54, 1.807) is 11.8 Å². The summed E-state index contributed by atoms with van der Waals surface area (Å²) in [4.78, 5) is 21.8. The van der Waals surface area contributed by atoms with Gasteiger partial charge in [0.05, 0.1) is 0 Å². The monoisotopic (exact) mass is 359 g/mol. The molecule has 0 atom stereocenters. The van der Waals surface area contributed by atoms with Crippen molar-refractivity contribution in [2.45, 2.75) is 75.9 Å². The first-order valence-electron chi connectivity index (χ1n) is 9.65. The van der Waals surface area contributed by atoms with Crippen molar-refractivity contribution in [2.75, 3.05) is 6.26 Å². The van der Waals surface area contributed by atoms with Crippen molar-refractivity contribution >= 4 is 17.7 Å². The van der Waals surface area contributed by atoms with Crippen LogP contribution in [0.1, 0.15) is 61.9 Å². The molecule has 25 heavy (non-hydrogen) atoms. The lowest BCUT2D eigenvalue weighted by Gasteiger charge is -2.56. The Bertz CT molecular complexity index is 629.